The second-order valence-electron chi connectivity index (χ2n) is 6.90. The van der Waals surface area contributed by atoms with Crippen LogP contribution >= 0.6 is 0 Å². The number of nitrogens with two attached hydrogens (primary N) is 1. The maximum absolute atomic E-state index is 6.31. The topological polar surface area (TPSA) is 29.3 Å². The van der Waals surface area contributed by atoms with Crippen molar-refractivity contribution in [3.8, 4) is 0 Å². The molecule has 4 unspecified atom stereocenters. The minimum Gasteiger partial charge on any atom is -0.329 e. The fraction of sp³-hybridized carbons (Fsp3) is 1.00. The van der Waals surface area contributed by atoms with Crippen LogP contribution in [0.1, 0.15) is 64.7 Å². The number of nitrogens with zero attached hydrogens (tertiary/aromatic N) is 1. The van der Waals surface area contributed by atoms with Gasteiger partial charge in [-0.25, -0.2) is 0 Å². The average Bonchev–Trinajstić information content (AvgIpc) is 3.04. The summed E-state index contributed by atoms with van der Waals surface area (Å²) in [5, 5.41) is 0. The van der Waals surface area contributed by atoms with Gasteiger partial charge in [0.2, 0.25) is 0 Å². The highest BCUT2D eigenvalue weighted by Gasteiger charge is 2.50. The van der Waals surface area contributed by atoms with Gasteiger partial charge in [0.05, 0.1) is 0 Å². The van der Waals surface area contributed by atoms with Crippen molar-refractivity contribution in [1.29, 1.82) is 0 Å². The molecule has 18 heavy (non-hydrogen) atoms. The minimum absolute atomic E-state index is 0.377. The molecule has 0 aromatic carbocycles. The molecule has 0 bridgehead atoms. The number of rotatable bonds is 3. The van der Waals surface area contributed by atoms with E-state index in [-0.39, 0.29) is 0 Å². The fourth-order valence-electron chi connectivity index (χ4n) is 5.48. The molecule has 2 nitrogen and oxygen atoms in total. The monoisotopic (exact) mass is 250 g/mol. The maximum Gasteiger partial charge on any atom is 0.0362 e. The number of piperidine rings is 1. The molecule has 1 saturated heterocycles. The fourth-order valence-corrected chi connectivity index (χ4v) is 5.48. The van der Waals surface area contributed by atoms with Crippen LogP contribution in [-0.4, -0.2) is 29.6 Å². The standard InChI is InChI=1S/C16H30N2/c1-2-14-8-4-10-16(14,12-17)18-11-5-7-13-6-3-9-15(13)18/h13-15H,2-12,17H2,1H3. The zero-order chi connectivity index (χ0) is 12.6. The third-order valence-electron chi connectivity index (χ3n) is 6.33. The van der Waals surface area contributed by atoms with E-state index in [1.54, 1.807) is 0 Å². The van der Waals surface area contributed by atoms with E-state index in [1.807, 2.05) is 0 Å². The summed E-state index contributed by atoms with van der Waals surface area (Å²) in [5.74, 6) is 1.86. The summed E-state index contributed by atoms with van der Waals surface area (Å²) in [6.07, 6.45) is 12.8. The zero-order valence-electron chi connectivity index (χ0n) is 12.0. The highest BCUT2D eigenvalue weighted by Crippen LogP contribution is 2.48. The molecule has 2 heteroatoms. The number of hydrogen-bond acceptors (Lipinski definition) is 2. The first-order valence-corrected chi connectivity index (χ1v) is 8.28. The van der Waals surface area contributed by atoms with E-state index in [0.29, 0.717) is 5.54 Å². The highest BCUT2D eigenvalue weighted by atomic mass is 15.3. The van der Waals surface area contributed by atoms with Gasteiger partial charge in [0.1, 0.15) is 0 Å². The molecule has 1 aliphatic heterocycles. The van der Waals surface area contributed by atoms with E-state index >= 15 is 0 Å². The van der Waals surface area contributed by atoms with E-state index in [0.717, 1.165) is 24.4 Å². The van der Waals surface area contributed by atoms with Crippen molar-refractivity contribution in [2.75, 3.05) is 13.1 Å². The molecule has 0 aromatic rings. The van der Waals surface area contributed by atoms with Gasteiger partial charge in [-0.2, -0.15) is 0 Å². The Balaban J connectivity index is 1.86. The van der Waals surface area contributed by atoms with Crippen molar-refractivity contribution >= 4 is 0 Å². The lowest BCUT2D eigenvalue weighted by Gasteiger charge is -2.52. The van der Waals surface area contributed by atoms with Crippen LogP contribution in [0.2, 0.25) is 0 Å². The van der Waals surface area contributed by atoms with Crippen molar-refractivity contribution in [3.05, 3.63) is 0 Å². The molecule has 2 N–H and O–H groups in total. The SMILES string of the molecule is CCC1CCCC1(CN)N1CCCC2CCCC21. The van der Waals surface area contributed by atoms with Crippen LogP contribution in [-0.2, 0) is 0 Å². The predicted octanol–water partition coefficient (Wildman–Crippen LogP) is 3.16. The third-order valence-corrected chi connectivity index (χ3v) is 6.33. The van der Waals surface area contributed by atoms with Crippen molar-refractivity contribution < 1.29 is 0 Å². The second kappa shape index (κ2) is 5.13. The van der Waals surface area contributed by atoms with Crippen molar-refractivity contribution in [3.63, 3.8) is 0 Å². The molecule has 3 aliphatic rings. The second-order valence-corrected chi connectivity index (χ2v) is 6.90. The Labute approximate surface area is 112 Å². The third kappa shape index (κ3) is 1.84. The van der Waals surface area contributed by atoms with Gasteiger partial charge in [0, 0.05) is 18.1 Å². The molecule has 104 valence electrons. The molecule has 2 aliphatic carbocycles. The smallest absolute Gasteiger partial charge is 0.0362 e. The van der Waals surface area contributed by atoms with Gasteiger partial charge in [-0.05, 0) is 56.9 Å². The Hall–Kier alpha value is -0.0800. The van der Waals surface area contributed by atoms with Crippen LogP contribution in [0.15, 0.2) is 0 Å². The summed E-state index contributed by atoms with van der Waals surface area (Å²) in [6.45, 7) is 4.60. The van der Waals surface area contributed by atoms with E-state index in [9.17, 15) is 0 Å². The van der Waals surface area contributed by atoms with Gasteiger partial charge in [-0.3, -0.25) is 4.90 Å². The lowest BCUT2D eigenvalue weighted by Crippen LogP contribution is -2.62. The van der Waals surface area contributed by atoms with Crippen LogP contribution in [0.5, 0.6) is 0 Å². The maximum atomic E-state index is 6.31. The lowest BCUT2D eigenvalue weighted by molar-refractivity contribution is -0.0202. The van der Waals surface area contributed by atoms with Crippen molar-refractivity contribution in [1.82, 2.24) is 4.90 Å². The quantitative estimate of drug-likeness (QED) is 0.833. The molecule has 2 saturated carbocycles. The van der Waals surface area contributed by atoms with Gasteiger partial charge >= 0.3 is 0 Å². The Morgan fingerprint density at radius 1 is 1.11 bits per heavy atom. The van der Waals surface area contributed by atoms with E-state index < -0.39 is 0 Å². The number of likely N-dealkylation sites (tertiary alicyclic amines) is 1. The van der Waals surface area contributed by atoms with Crippen LogP contribution in [0, 0.1) is 11.8 Å². The summed E-state index contributed by atoms with van der Waals surface area (Å²) in [6, 6.07) is 0.884. The molecule has 4 atom stereocenters. The molecule has 0 radical (unpaired) electrons. The molecule has 3 rings (SSSR count). The number of fused-ring (bicyclic) bond motifs is 1. The van der Waals surface area contributed by atoms with E-state index in [4.69, 9.17) is 5.73 Å². The first-order valence-electron chi connectivity index (χ1n) is 8.28. The van der Waals surface area contributed by atoms with Crippen LogP contribution in [0.3, 0.4) is 0 Å². The van der Waals surface area contributed by atoms with Gasteiger partial charge < -0.3 is 5.73 Å². The minimum atomic E-state index is 0.377. The Morgan fingerprint density at radius 2 is 1.94 bits per heavy atom. The van der Waals surface area contributed by atoms with Gasteiger partial charge in [-0.15, -0.1) is 0 Å². The molecular weight excluding hydrogens is 220 g/mol. The van der Waals surface area contributed by atoms with Crippen LogP contribution < -0.4 is 5.73 Å². The van der Waals surface area contributed by atoms with Crippen molar-refractivity contribution in [2.45, 2.75) is 76.3 Å². The van der Waals surface area contributed by atoms with Gasteiger partial charge in [0.25, 0.3) is 0 Å². The summed E-state index contributed by atoms with van der Waals surface area (Å²) >= 11 is 0. The zero-order valence-corrected chi connectivity index (χ0v) is 12.0. The largest absolute Gasteiger partial charge is 0.329 e. The summed E-state index contributed by atoms with van der Waals surface area (Å²) in [4.78, 5) is 2.91. The Kier molecular flexibility index (Phi) is 3.68. The molecule has 1 heterocycles. The van der Waals surface area contributed by atoms with Crippen LogP contribution in [0.25, 0.3) is 0 Å². The molecule has 0 aromatic heterocycles. The Morgan fingerprint density at radius 3 is 2.72 bits per heavy atom. The van der Waals surface area contributed by atoms with E-state index in [1.165, 1.54) is 64.3 Å². The highest BCUT2D eigenvalue weighted by molar-refractivity contribution is 5.06. The van der Waals surface area contributed by atoms with Crippen LogP contribution in [0.4, 0.5) is 0 Å². The first kappa shape index (κ1) is 12.9. The first-order chi connectivity index (χ1) is 8.81. The predicted molar refractivity (Wildman–Crippen MR) is 76.5 cm³/mol. The number of hydrogen-bond donors (Lipinski definition) is 1. The molecule has 0 amide bonds. The molecule has 3 fully saturated rings. The lowest BCUT2D eigenvalue weighted by atomic mass is 9.79. The summed E-state index contributed by atoms with van der Waals surface area (Å²) < 4.78 is 0. The Bertz CT molecular complexity index is 291. The summed E-state index contributed by atoms with van der Waals surface area (Å²) in [5.41, 5.74) is 6.68. The molecular formula is C16H30N2. The van der Waals surface area contributed by atoms with E-state index in [2.05, 4.69) is 11.8 Å². The average molecular weight is 250 g/mol. The summed E-state index contributed by atoms with van der Waals surface area (Å²) in [7, 11) is 0. The molecule has 0 spiro atoms. The normalized spacial score (nSPS) is 45.3. The van der Waals surface area contributed by atoms with Gasteiger partial charge in [-0.1, -0.05) is 26.2 Å². The van der Waals surface area contributed by atoms with Gasteiger partial charge in [0.15, 0.2) is 0 Å². The van der Waals surface area contributed by atoms with Crippen molar-refractivity contribution in [2.24, 2.45) is 17.6 Å².